The molecule has 1 fully saturated rings. The van der Waals surface area contributed by atoms with E-state index in [1.165, 1.54) is 0 Å². The molecule has 3 N–H and O–H groups in total. The van der Waals surface area contributed by atoms with Gasteiger partial charge in [-0.1, -0.05) is 0 Å². The topological polar surface area (TPSA) is 82.2 Å². The van der Waals surface area contributed by atoms with Crippen molar-refractivity contribution in [1.82, 2.24) is 14.9 Å². The van der Waals surface area contributed by atoms with Crippen molar-refractivity contribution in [2.75, 3.05) is 13.1 Å². The first kappa shape index (κ1) is 17.3. The summed E-state index contributed by atoms with van der Waals surface area (Å²) >= 11 is 0. The first-order valence-corrected chi connectivity index (χ1v) is 7.43. The van der Waals surface area contributed by atoms with Crippen LogP contribution in [0.1, 0.15) is 23.2 Å². The number of aryl methyl sites for hydroxylation is 1. The van der Waals surface area contributed by atoms with E-state index in [0.717, 1.165) is 37.2 Å². The molecule has 23 heavy (non-hydrogen) atoms. The third kappa shape index (κ3) is 4.03. The number of aromatic nitrogens is 2. The maximum absolute atomic E-state index is 11.8. The summed E-state index contributed by atoms with van der Waals surface area (Å²) < 4.78 is 7.84. The largest absolute Gasteiger partial charge is 0.489 e. The van der Waals surface area contributed by atoms with Crippen LogP contribution >= 0.6 is 12.4 Å². The normalized spacial score (nSPS) is 15.0. The van der Waals surface area contributed by atoms with Gasteiger partial charge in [-0.2, -0.15) is 0 Å². The number of amides is 1. The monoisotopic (exact) mass is 336 g/mol. The molecular formula is C16H21ClN4O2. The van der Waals surface area contributed by atoms with Gasteiger partial charge in [-0.05, 0) is 44.1 Å². The molecule has 6 nitrogen and oxygen atoms in total. The van der Waals surface area contributed by atoms with Gasteiger partial charge in [0, 0.05) is 18.8 Å². The molecule has 0 atom stereocenters. The van der Waals surface area contributed by atoms with E-state index in [-0.39, 0.29) is 18.5 Å². The second kappa shape index (κ2) is 7.48. The summed E-state index contributed by atoms with van der Waals surface area (Å²) in [6.45, 7) is 1.87. The minimum Gasteiger partial charge on any atom is -0.489 e. The van der Waals surface area contributed by atoms with Crippen molar-refractivity contribution in [1.29, 1.82) is 0 Å². The fraction of sp³-hybridized carbons (Fsp3) is 0.375. The van der Waals surface area contributed by atoms with Gasteiger partial charge in [0.05, 0.1) is 17.6 Å². The van der Waals surface area contributed by atoms with Crippen LogP contribution in [0.3, 0.4) is 0 Å². The maximum atomic E-state index is 11.8. The average molecular weight is 337 g/mol. The second-order valence-corrected chi connectivity index (χ2v) is 5.57. The van der Waals surface area contributed by atoms with E-state index >= 15 is 0 Å². The van der Waals surface area contributed by atoms with Gasteiger partial charge in [-0.15, -0.1) is 12.4 Å². The fourth-order valence-electron chi connectivity index (χ4n) is 2.64. The van der Waals surface area contributed by atoms with Gasteiger partial charge in [-0.3, -0.25) is 4.79 Å². The number of imidazole rings is 1. The van der Waals surface area contributed by atoms with Gasteiger partial charge in [-0.25, -0.2) is 4.98 Å². The molecule has 2 aromatic rings. The Morgan fingerprint density at radius 2 is 2.13 bits per heavy atom. The zero-order valence-electron chi connectivity index (χ0n) is 13.0. The van der Waals surface area contributed by atoms with Gasteiger partial charge in [0.25, 0.3) is 5.91 Å². The van der Waals surface area contributed by atoms with Crippen LogP contribution in [0.15, 0.2) is 30.7 Å². The second-order valence-electron chi connectivity index (χ2n) is 5.57. The van der Waals surface area contributed by atoms with Crippen LogP contribution in [0.25, 0.3) is 11.3 Å². The lowest BCUT2D eigenvalue weighted by Crippen LogP contribution is -2.34. The summed E-state index contributed by atoms with van der Waals surface area (Å²) in [7, 11) is 1.90. The quantitative estimate of drug-likeness (QED) is 0.891. The number of benzene rings is 1. The predicted octanol–water partition coefficient (Wildman–Crippen LogP) is 1.74. The molecule has 0 radical (unpaired) electrons. The first-order chi connectivity index (χ1) is 10.6. The molecule has 0 unspecified atom stereocenters. The SMILES string of the molecule is Cl.Cn1cnc(-c2ccc(OC3CCNCC3)c(C(N)=O)c2)c1. The molecule has 1 aliphatic heterocycles. The lowest BCUT2D eigenvalue weighted by molar-refractivity contribution is 0.0989. The van der Waals surface area contributed by atoms with Crippen LogP contribution in [0.4, 0.5) is 0 Å². The number of nitrogens with two attached hydrogens (primary N) is 1. The number of hydrogen-bond acceptors (Lipinski definition) is 4. The molecule has 3 rings (SSSR count). The average Bonchev–Trinajstić information content (AvgIpc) is 2.95. The number of hydrogen-bond donors (Lipinski definition) is 2. The van der Waals surface area contributed by atoms with Gasteiger partial charge in [0.15, 0.2) is 0 Å². The molecule has 1 aliphatic rings. The van der Waals surface area contributed by atoms with Crippen molar-refractivity contribution in [3.8, 4) is 17.0 Å². The molecule has 0 aliphatic carbocycles. The van der Waals surface area contributed by atoms with Crippen LogP contribution < -0.4 is 15.8 Å². The Kier molecular flexibility index (Phi) is 5.63. The van der Waals surface area contributed by atoms with E-state index in [9.17, 15) is 4.79 Å². The Balaban J connectivity index is 0.00000192. The summed E-state index contributed by atoms with van der Waals surface area (Å²) in [4.78, 5) is 16.1. The summed E-state index contributed by atoms with van der Waals surface area (Å²) in [6, 6.07) is 5.47. The fourth-order valence-corrected chi connectivity index (χ4v) is 2.64. The van der Waals surface area contributed by atoms with E-state index in [1.54, 1.807) is 12.4 Å². The molecule has 0 spiro atoms. The Morgan fingerprint density at radius 1 is 1.39 bits per heavy atom. The lowest BCUT2D eigenvalue weighted by atomic mass is 10.1. The summed E-state index contributed by atoms with van der Waals surface area (Å²) in [5, 5.41) is 3.29. The van der Waals surface area contributed by atoms with Crippen LogP contribution in [0.2, 0.25) is 0 Å². The van der Waals surface area contributed by atoms with Gasteiger partial charge >= 0.3 is 0 Å². The van der Waals surface area contributed by atoms with Gasteiger partial charge in [0.2, 0.25) is 0 Å². The zero-order valence-corrected chi connectivity index (χ0v) is 13.8. The Hall–Kier alpha value is -2.05. The standard InChI is InChI=1S/C16H20N4O2.ClH/c1-20-9-14(19-10-20)11-2-3-15(13(8-11)16(17)21)22-12-4-6-18-7-5-12;/h2-3,8-10,12,18H,4-7H2,1H3,(H2,17,21);1H. The molecule has 124 valence electrons. The number of nitrogens with zero attached hydrogens (tertiary/aromatic N) is 2. The Bertz CT molecular complexity index is 680. The minimum absolute atomic E-state index is 0. The van der Waals surface area contributed by atoms with Crippen molar-refractivity contribution < 1.29 is 9.53 Å². The van der Waals surface area contributed by atoms with E-state index in [1.807, 2.05) is 29.9 Å². The van der Waals surface area contributed by atoms with E-state index in [2.05, 4.69) is 10.3 Å². The predicted molar refractivity (Wildman–Crippen MR) is 90.9 cm³/mol. The molecule has 0 saturated carbocycles. The molecule has 1 aromatic heterocycles. The third-order valence-electron chi connectivity index (χ3n) is 3.83. The van der Waals surface area contributed by atoms with Crippen molar-refractivity contribution in [3.05, 3.63) is 36.3 Å². The van der Waals surface area contributed by atoms with Crippen LogP contribution in [-0.2, 0) is 7.05 Å². The van der Waals surface area contributed by atoms with Crippen LogP contribution in [0.5, 0.6) is 5.75 Å². The third-order valence-corrected chi connectivity index (χ3v) is 3.83. The van der Waals surface area contributed by atoms with E-state index < -0.39 is 5.91 Å². The molecule has 1 aromatic carbocycles. The number of nitrogens with one attached hydrogen (secondary N) is 1. The number of ether oxygens (including phenoxy) is 1. The van der Waals surface area contributed by atoms with Crippen molar-refractivity contribution in [2.24, 2.45) is 12.8 Å². The lowest BCUT2D eigenvalue weighted by Gasteiger charge is -2.24. The zero-order chi connectivity index (χ0) is 15.5. The highest BCUT2D eigenvalue weighted by Crippen LogP contribution is 2.27. The van der Waals surface area contributed by atoms with Gasteiger partial charge < -0.3 is 20.4 Å². The highest BCUT2D eigenvalue weighted by molar-refractivity contribution is 5.96. The number of halogens is 1. The molecule has 2 heterocycles. The minimum atomic E-state index is -0.485. The number of carbonyl (C=O) groups is 1. The summed E-state index contributed by atoms with van der Waals surface area (Å²) in [5.41, 5.74) is 7.58. The molecule has 0 bridgehead atoms. The number of rotatable bonds is 4. The van der Waals surface area contributed by atoms with Crippen LogP contribution in [0, 0.1) is 0 Å². The van der Waals surface area contributed by atoms with E-state index in [4.69, 9.17) is 10.5 Å². The molecule has 7 heteroatoms. The molecule has 1 amide bonds. The highest BCUT2D eigenvalue weighted by Gasteiger charge is 2.18. The van der Waals surface area contributed by atoms with Gasteiger partial charge in [0.1, 0.15) is 11.9 Å². The van der Waals surface area contributed by atoms with Crippen molar-refractivity contribution in [2.45, 2.75) is 18.9 Å². The first-order valence-electron chi connectivity index (χ1n) is 7.43. The number of primary amides is 1. The molecule has 1 saturated heterocycles. The molecular weight excluding hydrogens is 316 g/mol. The van der Waals surface area contributed by atoms with E-state index in [0.29, 0.717) is 11.3 Å². The van der Waals surface area contributed by atoms with Crippen molar-refractivity contribution in [3.63, 3.8) is 0 Å². The smallest absolute Gasteiger partial charge is 0.252 e. The number of carbonyl (C=O) groups excluding carboxylic acids is 1. The van der Waals surface area contributed by atoms with Crippen molar-refractivity contribution >= 4 is 18.3 Å². The summed E-state index contributed by atoms with van der Waals surface area (Å²) in [5.74, 6) is 0.0702. The van der Waals surface area contributed by atoms with Crippen LogP contribution in [-0.4, -0.2) is 34.7 Å². The number of piperidine rings is 1. The summed E-state index contributed by atoms with van der Waals surface area (Å²) in [6.07, 6.45) is 5.60. The maximum Gasteiger partial charge on any atom is 0.252 e. The Labute approximate surface area is 141 Å². The Morgan fingerprint density at radius 3 is 2.74 bits per heavy atom. The highest BCUT2D eigenvalue weighted by atomic mass is 35.5.